The largest absolute Gasteiger partial charge is 0.478 e. The van der Waals surface area contributed by atoms with Crippen molar-refractivity contribution < 1.29 is 19.1 Å². The molecule has 1 aromatic heterocycles. The molecule has 0 saturated carbocycles. The van der Waals surface area contributed by atoms with E-state index in [9.17, 15) is 9.90 Å². The van der Waals surface area contributed by atoms with Crippen LogP contribution in [0, 0.1) is 0 Å². The lowest BCUT2D eigenvalue weighted by atomic mass is 10.0. The van der Waals surface area contributed by atoms with Gasteiger partial charge in [-0.3, -0.25) is 0 Å². The first-order chi connectivity index (χ1) is 10.1. The van der Waals surface area contributed by atoms with Gasteiger partial charge in [-0.2, -0.15) is 0 Å². The third-order valence-corrected chi connectivity index (χ3v) is 3.97. The summed E-state index contributed by atoms with van der Waals surface area (Å²) in [6.45, 7) is 3.94. The molecule has 1 fully saturated rings. The van der Waals surface area contributed by atoms with E-state index in [2.05, 4.69) is 12.2 Å². The second kappa shape index (κ2) is 5.50. The van der Waals surface area contributed by atoms with Crippen LogP contribution in [0.4, 0.5) is 0 Å². The number of carbonyl (C=O) groups is 1. The monoisotopic (exact) mass is 289 g/mol. The molecule has 0 spiro atoms. The normalized spacial score (nSPS) is 22.0. The van der Waals surface area contributed by atoms with Crippen molar-refractivity contribution in [1.82, 2.24) is 5.32 Å². The van der Waals surface area contributed by atoms with Crippen LogP contribution in [0.3, 0.4) is 0 Å². The van der Waals surface area contributed by atoms with E-state index in [0.29, 0.717) is 29.8 Å². The first-order valence-corrected chi connectivity index (χ1v) is 7.17. The standard InChI is InChI=1S/C16H19NO4/c1-16(7-4-8-20-16)10-17-9-13-14(15(18)19)11-5-2-3-6-12(11)21-13/h2-3,5-6,17H,4,7-10H2,1H3,(H,18,19). The summed E-state index contributed by atoms with van der Waals surface area (Å²) in [4.78, 5) is 11.5. The first-order valence-electron chi connectivity index (χ1n) is 7.17. The highest BCUT2D eigenvalue weighted by Crippen LogP contribution is 2.27. The van der Waals surface area contributed by atoms with Gasteiger partial charge in [0.15, 0.2) is 0 Å². The zero-order valence-corrected chi connectivity index (χ0v) is 12.0. The van der Waals surface area contributed by atoms with E-state index in [1.54, 1.807) is 12.1 Å². The molecule has 1 unspecified atom stereocenters. The number of hydrogen-bond acceptors (Lipinski definition) is 4. The van der Waals surface area contributed by atoms with Crippen molar-refractivity contribution in [2.75, 3.05) is 13.2 Å². The van der Waals surface area contributed by atoms with Crippen LogP contribution in [0.5, 0.6) is 0 Å². The predicted molar refractivity (Wildman–Crippen MR) is 78.5 cm³/mol. The van der Waals surface area contributed by atoms with Gasteiger partial charge in [0.2, 0.25) is 0 Å². The van der Waals surface area contributed by atoms with Crippen LogP contribution in [-0.4, -0.2) is 29.8 Å². The van der Waals surface area contributed by atoms with Gasteiger partial charge in [-0.05, 0) is 25.8 Å². The number of furan rings is 1. The fraction of sp³-hybridized carbons (Fsp3) is 0.438. The van der Waals surface area contributed by atoms with Crippen LogP contribution in [-0.2, 0) is 11.3 Å². The van der Waals surface area contributed by atoms with Crippen molar-refractivity contribution in [3.8, 4) is 0 Å². The molecular weight excluding hydrogens is 270 g/mol. The molecule has 0 bridgehead atoms. The van der Waals surface area contributed by atoms with Crippen LogP contribution >= 0.6 is 0 Å². The maximum Gasteiger partial charge on any atom is 0.339 e. The van der Waals surface area contributed by atoms with Crippen molar-refractivity contribution >= 4 is 16.9 Å². The van der Waals surface area contributed by atoms with Gasteiger partial charge in [0.25, 0.3) is 0 Å². The Morgan fingerprint density at radius 2 is 2.24 bits per heavy atom. The third kappa shape index (κ3) is 2.80. The number of carboxylic acid groups (broad SMARTS) is 1. The lowest BCUT2D eigenvalue weighted by molar-refractivity contribution is 0.0204. The molecule has 5 nitrogen and oxygen atoms in total. The van der Waals surface area contributed by atoms with Crippen LogP contribution in [0.1, 0.15) is 35.9 Å². The van der Waals surface area contributed by atoms with Crippen molar-refractivity contribution in [1.29, 1.82) is 0 Å². The number of para-hydroxylation sites is 1. The average molecular weight is 289 g/mol. The Morgan fingerprint density at radius 3 is 2.95 bits per heavy atom. The van der Waals surface area contributed by atoms with E-state index in [1.807, 2.05) is 12.1 Å². The molecule has 1 aliphatic heterocycles. The summed E-state index contributed by atoms with van der Waals surface area (Å²) in [7, 11) is 0. The summed E-state index contributed by atoms with van der Waals surface area (Å²) in [6, 6.07) is 7.21. The van der Waals surface area contributed by atoms with Crippen LogP contribution in [0.25, 0.3) is 11.0 Å². The molecule has 1 aromatic carbocycles. The lowest BCUT2D eigenvalue weighted by Crippen LogP contribution is -2.36. The molecule has 2 N–H and O–H groups in total. The summed E-state index contributed by atoms with van der Waals surface area (Å²) in [5.74, 6) is -0.495. The van der Waals surface area contributed by atoms with Crippen molar-refractivity contribution in [2.45, 2.75) is 31.9 Å². The van der Waals surface area contributed by atoms with E-state index in [-0.39, 0.29) is 11.2 Å². The zero-order valence-electron chi connectivity index (χ0n) is 12.0. The van der Waals surface area contributed by atoms with Gasteiger partial charge in [0, 0.05) is 18.5 Å². The fourth-order valence-electron chi connectivity index (χ4n) is 2.87. The van der Waals surface area contributed by atoms with Gasteiger partial charge in [-0.1, -0.05) is 18.2 Å². The molecule has 112 valence electrons. The lowest BCUT2D eigenvalue weighted by Gasteiger charge is -2.23. The highest BCUT2D eigenvalue weighted by molar-refractivity contribution is 6.03. The number of aromatic carboxylic acids is 1. The second-order valence-corrected chi connectivity index (χ2v) is 5.71. The van der Waals surface area contributed by atoms with Crippen molar-refractivity contribution in [3.05, 3.63) is 35.6 Å². The van der Waals surface area contributed by atoms with Gasteiger partial charge >= 0.3 is 5.97 Å². The summed E-state index contributed by atoms with van der Waals surface area (Å²) in [6.07, 6.45) is 2.09. The molecule has 21 heavy (non-hydrogen) atoms. The van der Waals surface area contributed by atoms with Crippen LogP contribution < -0.4 is 5.32 Å². The summed E-state index contributed by atoms with van der Waals surface area (Å²) < 4.78 is 11.4. The van der Waals surface area contributed by atoms with E-state index in [0.717, 1.165) is 19.4 Å². The smallest absolute Gasteiger partial charge is 0.339 e. The van der Waals surface area contributed by atoms with E-state index >= 15 is 0 Å². The minimum atomic E-state index is -0.958. The summed E-state index contributed by atoms with van der Waals surface area (Å²) in [5.41, 5.74) is 0.695. The zero-order chi connectivity index (χ0) is 14.9. The quantitative estimate of drug-likeness (QED) is 0.885. The maximum atomic E-state index is 11.5. The molecular formula is C16H19NO4. The van der Waals surface area contributed by atoms with Gasteiger partial charge in [0.1, 0.15) is 16.9 Å². The molecule has 5 heteroatoms. The minimum Gasteiger partial charge on any atom is -0.478 e. The Balaban J connectivity index is 1.77. The molecule has 1 aliphatic rings. The number of nitrogens with one attached hydrogen (secondary N) is 1. The average Bonchev–Trinajstić information content (AvgIpc) is 3.02. The van der Waals surface area contributed by atoms with Gasteiger partial charge < -0.3 is 19.6 Å². The van der Waals surface area contributed by atoms with Crippen molar-refractivity contribution in [2.24, 2.45) is 0 Å². The van der Waals surface area contributed by atoms with E-state index in [4.69, 9.17) is 9.15 Å². The number of fused-ring (bicyclic) bond motifs is 1. The Bertz CT molecular complexity index is 655. The van der Waals surface area contributed by atoms with E-state index < -0.39 is 5.97 Å². The number of ether oxygens (including phenoxy) is 1. The molecule has 1 saturated heterocycles. The Kier molecular flexibility index (Phi) is 3.69. The number of benzene rings is 1. The SMILES string of the molecule is CC1(CNCc2oc3ccccc3c2C(=O)O)CCCO1. The van der Waals surface area contributed by atoms with Gasteiger partial charge in [-0.25, -0.2) is 4.79 Å². The third-order valence-electron chi connectivity index (χ3n) is 3.97. The Morgan fingerprint density at radius 1 is 1.43 bits per heavy atom. The maximum absolute atomic E-state index is 11.5. The molecule has 2 heterocycles. The predicted octanol–water partition coefficient (Wildman–Crippen LogP) is 2.79. The highest BCUT2D eigenvalue weighted by Gasteiger charge is 2.29. The molecule has 1 atom stereocenters. The van der Waals surface area contributed by atoms with Crippen LogP contribution in [0.2, 0.25) is 0 Å². The summed E-state index contributed by atoms with van der Waals surface area (Å²) >= 11 is 0. The second-order valence-electron chi connectivity index (χ2n) is 5.71. The fourth-order valence-corrected chi connectivity index (χ4v) is 2.87. The number of hydrogen-bond donors (Lipinski definition) is 2. The Hall–Kier alpha value is -1.85. The van der Waals surface area contributed by atoms with Gasteiger partial charge in [-0.15, -0.1) is 0 Å². The highest BCUT2D eigenvalue weighted by atomic mass is 16.5. The molecule has 0 aliphatic carbocycles. The first kappa shape index (κ1) is 14.1. The molecule has 0 amide bonds. The minimum absolute atomic E-state index is 0.157. The molecule has 2 aromatic rings. The van der Waals surface area contributed by atoms with Crippen LogP contribution in [0.15, 0.2) is 28.7 Å². The topological polar surface area (TPSA) is 71.7 Å². The van der Waals surface area contributed by atoms with Gasteiger partial charge in [0.05, 0.1) is 12.1 Å². The molecule has 0 radical (unpaired) electrons. The Labute approximate surface area is 122 Å². The number of rotatable bonds is 5. The number of carboxylic acids is 1. The van der Waals surface area contributed by atoms with Crippen molar-refractivity contribution in [3.63, 3.8) is 0 Å². The molecule has 3 rings (SSSR count). The van der Waals surface area contributed by atoms with E-state index in [1.165, 1.54) is 0 Å². The summed E-state index contributed by atoms with van der Waals surface area (Å²) in [5, 5.41) is 13.3.